The van der Waals surface area contributed by atoms with Crippen LogP contribution < -0.4 is 20.7 Å². The molecule has 1 fully saturated rings. The van der Waals surface area contributed by atoms with Crippen molar-refractivity contribution >= 4 is 91.0 Å². The van der Waals surface area contributed by atoms with E-state index in [1.807, 2.05) is 30.0 Å². The van der Waals surface area contributed by atoms with Crippen LogP contribution in [-0.2, 0) is 30.6 Å². The third kappa shape index (κ3) is 5.92. The van der Waals surface area contributed by atoms with Gasteiger partial charge in [0.1, 0.15) is 29.2 Å². The number of nitrogens with zero attached hydrogens (tertiary/aromatic N) is 5. The van der Waals surface area contributed by atoms with E-state index in [1.165, 1.54) is 47.2 Å². The Labute approximate surface area is 254 Å². The number of carboxylic acid groups (broad SMARTS) is 2. The van der Waals surface area contributed by atoms with Crippen LogP contribution in [0.25, 0.3) is 10.2 Å². The minimum Gasteiger partial charge on any atom is -0.543 e. The maximum Gasteiger partial charge on any atom is 0.347 e. The first-order valence-electron chi connectivity index (χ1n) is 12.4. The third-order valence-corrected chi connectivity index (χ3v) is 10.5. The molecule has 42 heavy (non-hydrogen) atoms. The van der Waals surface area contributed by atoms with Crippen molar-refractivity contribution in [2.45, 2.75) is 42.3 Å². The predicted octanol–water partition coefficient (Wildman–Crippen LogP) is 0.0324. The Morgan fingerprint density at radius 3 is 2.86 bits per heavy atom. The van der Waals surface area contributed by atoms with Crippen LogP contribution in [0.3, 0.4) is 0 Å². The first kappa shape index (κ1) is 29.7. The molecule has 0 bridgehead atoms. The number of rotatable bonds is 11. The van der Waals surface area contributed by atoms with E-state index in [-0.39, 0.29) is 22.2 Å². The second-order valence-electron chi connectivity index (χ2n) is 8.99. The summed E-state index contributed by atoms with van der Waals surface area (Å²) in [6.45, 7) is 4.07. The van der Waals surface area contributed by atoms with E-state index in [1.54, 1.807) is 0 Å². The number of β-lactam (4-membered cyclic amide) rings is 1. The maximum absolute atomic E-state index is 13.1. The predicted molar refractivity (Wildman–Crippen MR) is 155 cm³/mol. The fourth-order valence-corrected chi connectivity index (χ4v) is 8.14. The highest BCUT2D eigenvalue weighted by atomic mass is 32.2. The number of thiazole rings is 2. The molecule has 5 heterocycles. The molecule has 2 aliphatic heterocycles. The summed E-state index contributed by atoms with van der Waals surface area (Å²) in [6.07, 6.45) is 2.56. The van der Waals surface area contributed by atoms with Gasteiger partial charge in [-0.15, -0.1) is 34.4 Å². The van der Waals surface area contributed by atoms with Crippen molar-refractivity contribution in [1.29, 1.82) is 0 Å². The van der Waals surface area contributed by atoms with Crippen LogP contribution in [0.2, 0.25) is 0 Å². The molecule has 5 rings (SSSR count). The zero-order valence-corrected chi connectivity index (χ0v) is 25.3. The van der Waals surface area contributed by atoms with Crippen LogP contribution in [-0.4, -0.2) is 78.5 Å². The molecule has 0 aromatic carbocycles. The van der Waals surface area contributed by atoms with Gasteiger partial charge in [-0.2, -0.15) is 0 Å². The average Bonchev–Trinajstić information content (AvgIpc) is 3.58. The lowest BCUT2D eigenvalue weighted by Gasteiger charge is -2.50. The molecule has 0 aliphatic carbocycles. The minimum absolute atomic E-state index is 0.0292. The molecule has 18 heteroatoms. The molecular weight excluding hydrogens is 627 g/mol. The van der Waals surface area contributed by atoms with Crippen molar-refractivity contribution < 1.29 is 38.8 Å². The van der Waals surface area contributed by atoms with E-state index >= 15 is 0 Å². The van der Waals surface area contributed by atoms with Gasteiger partial charge >= 0.3 is 5.97 Å². The Kier molecular flexibility index (Phi) is 8.67. The number of amides is 2. The van der Waals surface area contributed by atoms with Crippen molar-refractivity contribution in [3.63, 3.8) is 0 Å². The lowest BCUT2D eigenvalue weighted by atomic mass is 10.0. The zero-order chi connectivity index (χ0) is 30.1. The van der Waals surface area contributed by atoms with E-state index in [0.29, 0.717) is 17.1 Å². The van der Waals surface area contributed by atoms with Crippen molar-refractivity contribution in [2.75, 3.05) is 17.2 Å². The summed E-state index contributed by atoms with van der Waals surface area (Å²) >= 11 is 5.21. The summed E-state index contributed by atoms with van der Waals surface area (Å²) in [7, 11) is 0. The highest BCUT2D eigenvalue weighted by Crippen LogP contribution is 2.42. The average molecular weight is 650 g/mol. The Bertz CT molecular complexity index is 1650. The number of pyridine rings is 1. The monoisotopic (exact) mass is 649 g/mol. The number of oxime groups is 1. The standard InChI is InChI=1S/C24H23N7O7S4/c1-3-30-5-4-14-12(6-30)27-24(42-14)41-8-11-7-39-20-16(19(33)31(20)17(11)22(36)37)28-18(32)15(13-9-40-23(25)26-13)29-38-10(2)21(34)35/h4-6,9-10,16,20H,3,7-8H2,1-2H3,(H4-,25,26,28,32,34,35,36,37)/b29-15-/t10-,16?,20-/m0/s1. The highest BCUT2D eigenvalue weighted by Gasteiger charge is 2.53. The van der Waals surface area contributed by atoms with Gasteiger partial charge in [0.15, 0.2) is 27.6 Å². The number of nitrogens with two attached hydrogens (primary N) is 1. The van der Waals surface area contributed by atoms with Gasteiger partial charge in [0.05, 0.1) is 16.4 Å². The van der Waals surface area contributed by atoms with E-state index in [0.717, 1.165) is 37.3 Å². The number of aromatic nitrogens is 3. The van der Waals surface area contributed by atoms with Crippen LogP contribution >= 0.6 is 46.2 Å². The summed E-state index contributed by atoms with van der Waals surface area (Å²) in [5.41, 5.74) is 6.46. The zero-order valence-electron chi connectivity index (χ0n) is 22.0. The summed E-state index contributed by atoms with van der Waals surface area (Å²) in [5, 5.41) is 28.3. The first-order chi connectivity index (χ1) is 20.1. The number of carbonyl (C=O) groups excluding carboxylic acids is 3. The third-order valence-electron chi connectivity index (χ3n) is 6.26. The number of aryl methyl sites for hydroxylation is 1. The number of aliphatic carboxylic acids is 2. The largest absolute Gasteiger partial charge is 0.543 e. The van der Waals surface area contributed by atoms with Gasteiger partial charge in [0.25, 0.3) is 11.8 Å². The molecule has 1 unspecified atom stereocenters. The summed E-state index contributed by atoms with van der Waals surface area (Å²) < 4.78 is 3.79. The molecule has 0 radical (unpaired) electrons. The number of hydrogen-bond donors (Lipinski definition) is 3. The SMILES string of the molecule is CC[n+]1ccc2sc(SCC3=C(C(=O)[O-])N4C(=O)C(NC(=O)/C(=N\O[C@@H](C)C(=O)O)c5csc(N)n5)[C@@H]4SC3)nc2c1. The Balaban J connectivity index is 1.30. The van der Waals surface area contributed by atoms with Gasteiger partial charge in [0.2, 0.25) is 6.10 Å². The molecule has 3 aromatic rings. The van der Waals surface area contributed by atoms with Crippen LogP contribution in [0.5, 0.6) is 0 Å². The highest BCUT2D eigenvalue weighted by molar-refractivity contribution is 8.02. The quantitative estimate of drug-likeness (QED) is 0.0828. The molecule has 14 nitrogen and oxygen atoms in total. The molecule has 4 N–H and O–H groups in total. The van der Waals surface area contributed by atoms with E-state index in [2.05, 4.69) is 20.4 Å². The number of hydrogen-bond acceptors (Lipinski definition) is 14. The fraction of sp³-hybridized carbons (Fsp3) is 0.333. The maximum atomic E-state index is 13.1. The van der Waals surface area contributed by atoms with Crippen molar-refractivity contribution in [3.05, 3.63) is 40.8 Å². The van der Waals surface area contributed by atoms with Gasteiger partial charge in [0, 0.05) is 23.0 Å². The molecule has 1 saturated heterocycles. The Hall–Kier alpha value is -3.74. The molecule has 0 saturated carbocycles. The van der Waals surface area contributed by atoms with Crippen LogP contribution in [0.4, 0.5) is 5.13 Å². The molecule has 3 atom stereocenters. The second kappa shape index (κ2) is 12.2. The number of carboxylic acids is 2. The van der Waals surface area contributed by atoms with Crippen molar-refractivity contribution in [3.8, 4) is 0 Å². The van der Waals surface area contributed by atoms with Crippen LogP contribution in [0.1, 0.15) is 19.5 Å². The second-order valence-corrected chi connectivity index (χ2v) is 13.2. The minimum atomic E-state index is -1.49. The van der Waals surface area contributed by atoms with Gasteiger partial charge < -0.3 is 30.9 Å². The summed E-state index contributed by atoms with van der Waals surface area (Å²) in [4.78, 5) is 64.2. The number of anilines is 1. The molecular formula is C24H23N7O7S4. The lowest BCUT2D eigenvalue weighted by Crippen LogP contribution is -2.71. The number of fused-ring (bicyclic) bond motifs is 2. The van der Waals surface area contributed by atoms with Crippen molar-refractivity contribution in [1.82, 2.24) is 20.2 Å². The van der Waals surface area contributed by atoms with E-state index in [9.17, 15) is 24.3 Å². The first-order valence-corrected chi connectivity index (χ1v) is 16.1. The Morgan fingerprint density at radius 2 is 2.19 bits per heavy atom. The molecule has 220 valence electrons. The van der Waals surface area contributed by atoms with Gasteiger partial charge in [-0.25, -0.2) is 19.3 Å². The van der Waals surface area contributed by atoms with Crippen molar-refractivity contribution in [2.24, 2.45) is 5.16 Å². The van der Waals surface area contributed by atoms with Crippen LogP contribution in [0, 0.1) is 0 Å². The molecule has 3 aromatic heterocycles. The number of nitrogen functional groups attached to an aromatic ring is 1. The van der Waals surface area contributed by atoms with Crippen LogP contribution in [0.15, 0.2) is 44.6 Å². The normalized spacial score (nSPS) is 19.3. The number of carbonyl (C=O) groups is 4. The van der Waals surface area contributed by atoms with E-state index < -0.39 is 41.3 Å². The number of nitrogens with one attached hydrogen (secondary N) is 1. The fourth-order valence-electron chi connectivity index (χ4n) is 4.08. The molecule has 2 aliphatic rings. The smallest absolute Gasteiger partial charge is 0.347 e. The number of thioether (sulfide) groups is 2. The summed E-state index contributed by atoms with van der Waals surface area (Å²) in [6, 6.07) is 0.914. The Morgan fingerprint density at radius 1 is 1.40 bits per heavy atom. The van der Waals surface area contributed by atoms with Gasteiger partial charge in [-0.05, 0) is 19.4 Å². The topological polar surface area (TPSA) is 204 Å². The lowest BCUT2D eigenvalue weighted by molar-refractivity contribution is -0.692. The summed E-state index contributed by atoms with van der Waals surface area (Å²) in [5.74, 6) is -3.71. The molecule has 0 spiro atoms. The van der Waals surface area contributed by atoms with Gasteiger partial charge in [-0.1, -0.05) is 16.9 Å². The molecule has 2 amide bonds. The van der Waals surface area contributed by atoms with E-state index in [4.69, 9.17) is 15.7 Å². The van der Waals surface area contributed by atoms with Gasteiger partial charge in [-0.3, -0.25) is 14.5 Å².